The number of hydrogen-bond donors (Lipinski definition) is 1. The summed E-state index contributed by atoms with van der Waals surface area (Å²) < 4.78 is 12.0. The highest BCUT2D eigenvalue weighted by Gasteiger charge is 2.11. The van der Waals surface area contributed by atoms with Gasteiger partial charge in [0.2, 0.25) is 0 Å². The number of carbonyl (C=O) groups excluding carboxylic acids is 1. The predicted octanol–water partition coefficient (Wildman–Crippen LogP) is 5.50. The van der Waals surface area contributed by atoms with Crippen LogP contribution in [0.5, 0.6) is 11.5 Å². The molecule has 1 N–H and O–H groups in total. The zero-order valence-corrected chi connectivity index (χ0v) is 18.8. The van der Waals surface area contributed by atoms with E-state index in [9.17, 15) is 4.79 Å². The van der Waals surface area contributed by atoms with Crippen LogP contribution in [-0.4, -0.2) is 24.2 Å². The number of benzene rings is 2. The number of nitrogens with zero attached hydrogens (tertiary/aromatic N) is 2. The molecule has 0 aliphatic heterocycles. The Balaban J connectivity index is 1.71. The summed E-state index contributed by atoms with van der Waals surface area (Å²) in [5.74, 6) is 0.664. The maximum atomic E-state index is 12.0. The van der Waals surface area contributed by atoms with Gasteiger partial charge >= 0.3 is 0 Å². The van der Waals surface area contributed by atoms with Gasteiger partial charge in [0.25, 0.3) is 5.91 Å². The van der Waals surface area contributed by atoms with Crippen LogP contribution in [0.1, 0.15) is 21.5 Å². The molecule has 0 atom stereocenters. The molecule has 6 nitrogen and oxygen atoms in total. The first-order valence-corrected chi connectivity index (χ1v) is 10.2. The molecule has 1 aromatic heterocycles. The van der Waals surface area contributed by atoms with E-state index >= 15 is 0 Å². The van der Waals surface area contributed by atoms with Crippen LogP contribution in [0.15, 0.2) is 64.4 Å². The second kappa shape index (κ2) is 10.4. The number of hydrazone groups is 1. The lowest BCUT2D eigenvalue weighted by Crippen LogP contribution is -2.17. The van der Waals surface area contributed by atoms with Crippen LogP contribution < -0.4 is 14.9 Å². The van der Waals surface area contributed by atoms with Gasteiger partial charge < -0.3 is 9.47 Å². The Morgan fingerprint density at radius 1 is 1.23 bits per heavy atom. The Bertz CT molecular complexity index is 1080. The van der Waals surface area contributed by atoms with Gasteiger partial charge in [0.05, 0.1) is 18.9 Å². The van der Waals surface area contributed by atoms with Gasteiger partial charge in [-0.15, -0.1) is 0 Å². The van der Waals surface area contributed by atoms with Crippen LogP contribution in [0.3, 0.4) is 0 Å². The summed E-state index contributed by atoms with van der Waals surface area (Å²) in [6.45, 7) is 0.243. The summed E-state index contributed by atoms with van der Waals surface area (Å²) in [4.78, 5) is 15.9. The van der Waals surface area contributed by atoms with Crippen LogP contribution in [0, 0.1) is 0 Å². The zero-order valence-electron chi connectivity index (χ0n) is 15.7. The Morgan fingerprint density at radius 2 is 2.07 bits per heavy atom. The minimum Gasteiger partial charge on any atom is -0.493 e. The maximum absolute atomic E-state index is 12.0. The van der Waals surface area contributed by atoms with E-state index in [0.717, 1.165) is 5.56 Å². The van der Waals surface area contributed by atoms with Crippen LogP contribution in [0.4, 0.5) is 0 Å². The molecule has 0 saturated heterocycles. The van der Waals surface area contributed by atoms with Crippen molar-refractivity contribution in [1.29, 1.82) is 0 Å². The van der Waals surface area contributed by atoms with Gasteiger partial charge in [0, 0.05) is 38.0 Å². The Hall–Kier alpha value is -2.61. The van der Waals surface area contributed by atoms with Gasteiger partial charge in [-0.25, -0.2) is 5.43 Å². The molecule has 0 radical (unpaired) electrons. The highest BCUT2D eigenvalue weighted by atomic mass is 79.9. The van der Waals surface area contributed by atoms with E-state index in [-0.39, 0.29) is 12.5 Å². The fourth-order valence-corrected chi connectivity index (χ4v) is 3.33. The molecule has 1 amide bonds. The molecule has 9 heteroatoms. The standard InChI is InChI=1S/C21H16BrCl2N3O3/c1-29-19-7-15(11-26-27-21(28)13-3-2-6-25-10-13)17(22)9-20(19)30-12-14-4-5-16(23)8-18(14)24/h2-11H,12H2,1H3,(H,27,28). The van der Waals surface area contributed by atoms with E-state index in [2.05, 4.69) is 31.4 Å². The van der Waals surface area contributed by atoms with E-state index in [0.29, 0.717) is 37.1 Å². The quantitative estimate of drug-likeness (QED) is 0.337. The van der Waals surface area contributed by atoms with E-state index in [1.807, 2.05) is 0 Å². The normalized spacial score (nSPS) is 10.8. The molecule has 30 heavy (non-hydrogen) atoms. The molecule has 2 aromatic carbocycles. The van der Waals surface area contributed by atoms with Crippen molar-refractivity contribution in [3.63, 3.8) is 0 Å². The second-order valence-corrected chi connectivity index (χ2v) is 7.69. The number of nitrogens with one attached hydrogen (secondary N) is 1. The molecule has 3 rings (SSSR count). The van der Waals surface area contributed by atoms with Crippen LogP contribution in [-0.2, 0) is 6.61 Å². The van der Waals surface area contributed by atoms with Crippen molar-refractivity contribution in [3.8, 4) is 11.5 Å². The van der Waals surface area contributed by atoms with Crippen molar-refractivity contribution in [1.82, 2.24) is 10.4 Å². The lowest BCUT2D eigenvalue weighted by Gasteiger charge is -2.13. The van der Waals surface area contributed by atoms with Crippen LogP contribution in [0.2, 0.25) is 10.0 Å². The summed E-state index contributed by atoms with van der Waals surface area (Å²) in [5.41, 5.74) is 4.35. The summed E-state index contributed by atoms with van der Waals surface area (Å²) >= 11 is 15.6. The number of carbonyl (C=O) groups is 1. The van der Waals surface area contributed by atoms with E-state index < -0.39 is 0 Å². The van der Waals surface area contributed by atoms with Gasteiger partial charge in [0.15, 0.2) is 11.5 Å². The fourth-order valence-electron chi connectivity index (χ4n) is 2.44. The highest BCUT2D eigenvalue weighted by molar-refractivity contribution is 9.10. The molecule has 154 valence electrons. The van der Waals surface area contributed by atoms with Crippen LogP contribution in [0.25, 0.3) is 0 Å². The number of aromatic nitrogens is 1. The van der Waals surface area contributed by atoms with Gasteiger partial charge in [0.1, 0.15) is 6.61 Å². The number of pyridine rings is 1. The largest absolute Gasteiger partial charge is 0.493 e. The number of methoxy groups -OCH3 is 1. The molecule has 3 aromatic rings. The number of rotatable bonds is 7. The van der Waals surface area contributed by atoms with Crippen LogP contribution >= 0.6 is 39.1 Å². The van der Waals surface area contributed by atoms with Crippen molar-refractivity contribution < 1.29 is 14.3 Å². The molecular formula is C21H16BrCl2N3O3. The number of halogens is 3. The molecule has 0 unspecified atom stereocenters. The number of amides is 1. The zero-order chi connectivity index (χ0) is 21.5. The predicted molar refractivity (Wildman–Crippen MR) is 121 cm³/mol. The Morgan fingerprint density at radius 3 is 2.77 bits per heavy atom. The van der Waals surface area contributed by atoms with Gasteiger partial charge in [-0.2, -0.15) is 5.10 Å². The van der Waals surface area contributed by atoms with Gasteiger partial charge in [-0.1, -0.05) is 29.3 Å². The molecular weight excluding hydrogens is 493 g/mol. The van der Waals surface area contributed by atoms with Crippen molar-refractivity contribution in [2.75, 3.05) is 7.11 Å². The van der Waals surface area contributed by atoms with Crippen molar-refractivity contribution >= 4 is 51.3 Å². The molecule has 0 saturated carbocycles. The van der Waals surface area contributed by atoms with Crippen molar-refractivity contribution in [2.24, 2.45) is 5.10 Å². The van der Waals surface area contributed by atoms with E-state index in [1.54, 1.807) is 48.7 Å². The highest BCUT2D eigenvalue weighted by Crippen LogP contribution is 2.34. The van der Waals surface area contributed by atoms with E-state index in [1.165, 1.54) is 19.5 Å². The topological polar surface area (TPSA) is 72.8 Å². The summed E-state index contributed by atoms with van der Waals surface area (Å²) in [7, 11) is 1.54. The third-order valence-electron chi connectivity index (χ3n) is 3.97. The average molecular weight is 509 g/mol. The Labute approximate surface area is 192 Å². The third-order valence-corrected chi connectivity index (χ3v) is 5.25. The lowest BCUT2D eigenvalue weighted by atomic mass is 10.2. The monoisotopic (exact) mass is 507 g/mol. The number of ether oxygens (including phenoxy) is 2. The minimum atomic E-state index is -0.359. The van der Waals surface area contributed by atoms with Gasteiger partial charge in [-0.3, -0.25) is 9.78 Å². The molecule has 0 aliphatic rings. The van der Waals surface area contributed by atoms with Crippen molar-refractivity contribution in [3.05, 3.63) is 86.1 Å². The van der Waals surface area contributed by atoms with E-state index in [4.69, 9.17) is 32.7 Å². The average Bonchev–Trinajstić information content (AvgIpc) is 2.75. The molecule has 0 aliphatic carbocycles. The number of hydrogen-bond acceptors (Lipinski definition) is 5. The molecule has 0 fully saturated rings. The fraction of sp³-hybridized carbons (Fsp3) is 0.0952. The summed E-state index contributed by atoms with van der Waals surface area (Å²) in [5, 5.41) is 5.07. The SMILES string of the molecule is COc1cc(C=NNC(=O)c2cccnc2)c(Br)cc1OCc1ccc(Cl)cc1Cl. The molecule has 0 spiro atoms. The molecule has 1 heterocycles. The summed E-state index contributed by atoms with van der Waals surface area (Å²) in [6.07, 6.45) is 4.55. The minimum absolute atomic E-state index is 0.243. The first kappa shape index (κ1) is 22.1. The van der Waals surface area contributed by atoms with Gasteiger partial charge in [-0.05, 0) is 52.3 Å². The van der Waals surface area contributed by atoms with Crippen molar-refractivity contribution in [2.45, 2.75) is 6.61 Å². The first-order chi connectivity index (χ1) is 14.5. The smallest absolute Gasteiger partial charge is 0.272 e. The Kier molecular flexibility index (Phi) is 7.68. The lowest BCUT2D eigenvalue weighted by molar-refractivity contribution is 0.0955. The summed E-state index contributed by atoms with van der Waals surface area (Å²) in [6, 6.07) is 12.0. The molecule has 0 bridgehead atoms. The second-order valence-electron chi connectivity index (χ2n) is 5.99. The third kappa shape index (κ3) is 5.72. The maximum Gasteiger partial charge on any atom is 0.272 e. The first-order valence-electron chi connectivity index (χ1n) is 8.65.